The molecule has 1 fully saturated rings. The van der Waals surface area contributed by atoms with Gasteiger partial charge in [0.1, 0.15) is 11.5 Å². The van der Waals surface area contributed by atoms with Gasteiger partial charge in [-0.1, -0.05) is 38.1 Å². The van der Waals surface area contributed by atoms with Gasteiger partial charge in [-0.15, -0.1) is 0 Å². The van der Waals surface area contributed by atoms with Crippen LogP contribution in [0.1, 0.15) is 45.1 Å². The van der Waals surface area contributed by atoms with Gasteiger partial charge in [-0.3, -0.25) is 14.7 Å². The van der Waals surface area contributed by atoms with Gasteiger partial charge in [0.15, 0.2) is 0 Å². The molecule has 1 aliphatic rings. The van der Waals surface area contributed by atoms with E-state index < -0.39 is 0 Å². The van der Waals surface area contributed by atoms with Gasteiger partial charge in [-0.05, 0) is 48.6 Å². The molecule has 0 saturated carbocycles. The normalized spacial score (nSPS) is 16.4. The zero-order chi connectivity index (χ0) is 23.0. The van der Waals surface area contributed by atoms with Crippen molar-refractivity contribution in [3.8, 4) is 5.75 Å². The number of anilines is 1. The summed E-state index contributed by atoms with van der Waals surface area (Å²) in [6.45, 7) is 7.77. The lowest BCUT2D eigenvalue weighted by molar-refractivity contribution is -0.119. The molecule has 1 saturated heterocycles. The number of benzene rings is 2. The highest BCUT2D eigenvalue weighted by Crippen LogP contribution is 2.25. The van der Waals surface area contributed by atoms with Crippen molar-refractivity contribution < 1.29 is 9.53 Å². The maximum Gasteiger partial charge on any atom is 0.133 e. The van der Waals surface area contributed by atoms with E-state index in [1.54, 1.807) is 0 Å². The van der Waals surface area contributed by atoms with Crippen LogP contribution in [0.15, 0.2) is 60.9 Å². The summed E-state index contributed by atoms with van der Waals surface area (Å²) in [7, 11) is 0. The monoisotopic (exact) mass is 445 g/mol. The molecule has 5 nitrogen and oxygen atoms in total. The molecule has 1 aromatic heterocycles. The molecule has 33 heavy (non-hydrogen) atoms. The maximum absolute atomic E-state index is 11.8. The first-order valence-corrected chi connectivity index (χ1v) is 12.1. The van der Waals surface area contributed by atoms with E-state index in [2.05, 4.69) is 71.5 Å². The van der Waals surface area contributed by atoms with Crippen molar-refractivity contribution in [2.75, 3.05) is 25.0 Å². The number of rotatable bonds is 11. The third-order valence-electron chi connectivity index (χ3n) is 6.12. The Balaban J connectivity index is 1.25. The van der Waals surface area contributed by atoms with Crippen LogP contribution in [-0.4, -0.2) is 41.4 Å². The second-order valence-electron chi connectivity index (χ2n) is 9.50. The molecule has 0 spiro atoms. The van der Waals surface area contributed by atoms with Crippen molar-refractivity contribution >= 4 is 22.2 Å². The lowest BCUT2D eigenvalue weighted by atomic mass is 10.0. The Morgan fingerprint density at radius 1 is 1.21 bits per heavy atom. The van der Waals surface area contributed by atoms with Gasteiger partial charge in [-0.25, -0.2) is 0 Å². The molecular weight excluding hydrogens is 410 g/mol. The van der Waals surface area contributed by atoms with Gasteiger partial charge < -0.3 is 10.1 Å². The summed E-state index contributed by atoms with van der Waals surface area (Å²) in [5, 5.41) is 6.13. The number of nitrogens with one attached hydrogen (secondary N) is 1. The number of Topliss-reactive ketones (excluding diaryl/α,β-unsaturated/α-hetero) is 1. The van der Waals surface area contributed by atoms with Crippen molar-refractivity contribution in [2.24, 2.45) is 5.92 Å². The number of nitrogens with zero attached hydrogens (tertiary/aromatic N) is 2. The van der Waals surface area contributed by atoms with E-state index in [0.29, 0.717) is 37.2 Å². The minimum atomic E-state index is 0.333. The molecule has 3 aromatic rings. The van der Waals surface area contributed by atoms with Crippen LogP contribution in [0, 0.1) is 5.92 Å². The quantitative estimate of drug-likeness (QED) is 0.384. The predicted octanol–water partition coefficient (Wildman–Crippen LogP) is 5.70. The zero-order valence-corrected chi connectivity index (χ0v) is 19.8. The number of carbonyl (C=O) groups excluding carboxylic acids is 1. The van der Waals surface area contributed by atoms with Crippen LogP contribution < -0.4 is 10.1 Å². The number of hydrogen-bond donors (Lipinski definition) is 1. The Morgan fingerprint density at radius 3 is 2.97 bits per heavy atom. The number of pyridine rings is 1. The van der Waals surface area contributed by atoms with E-state index in [4.69, 9.17) is 4.74 Å². The van der Waals surface area contributed by atoms with Crippen LogP contribution >= 0.6 is 0 Å². The summed E-state index contributed by atoms with van der Waals surface area (Å²) < 4.78 is 5.92. The van der Waals surface area contributed by atoms with E-state index in [1.807, 2.05) is 18.5 Å². The summed E-state index contributed by atoms with van der Waals surface area (Å²) in [4.78, 5) is 18.6. The number of carbonyl (C=O) groups is 1. The molecule has 0 aliphatic carbocycles. The third-order valence-corrected chi connectivity index (χ3v) is 6.12. The predicted molar refractivity (Wildman–Crippen MR) is 135 cm³/mol. The summed E-state index contributed by atoms with van der Waals surface area (Å²) in [6.07, 6.45) is 6.95. The molecular formula is C28H35N3O2. The zero-order valence-electron chi connectivity index (χ0n) is 19.8. The largest absolute Gasteiger partial charge is 0.494 e. The minimum Gasteiger partial charge on any atom is -0.494 e. The molecule has 174 valence electrons. The van der Waals surface area contributed by atoms with Crippen LogP contribution in [0.3, 0.4) is 0 Å². The van der Waals surface area contributed by atoms with Crippen LogP contribution in [0.4, 0.5) is 5.69 Å². The maximum atomic E-state index is 11.8. The Kier molecular flexibility index (Phi) is 7.95. The van der Waals surface area contributed by atoms with Crippen molar-refractivity contribution in [2.45, 2.75) is 52.1 Å². The highest BCUT2D eigenvalue weighted by Gasteiger charge is 2.23. The van der Waals surface area contributed by atoms with E-state index >= 15 is 0 Å². The number of fused-ring (bicyclic) bond motifs is 1. The number of aromatic nitrogens is 1. The highest BCUT2D eigenvalue weighted by atomic mass is 16.5. The number of ether oxygens (including phenoxy) is 1. The Bertz CT molecular complexity index is 1060. The van der Waals surface area contributed by atoms with Gasteiger partial charge in [-0.2, -0.15) is 0 Å². The molecule has 1 aliphatic heterocycles. The highest BCUT2D eigenvalue weighted by molar-refractivity contribution is 5.93. The van der Waals surface area contributed by atoms with E-state index in [0.717, 1.165) is 38.2 Å². The first kappa shape index (κ1) is 23.2. The van der Waals surface area contributed by atoms with Gasteiger partial charge in [0.05, 0.1) is 6.61 Å². The molecule has 4 rings (SSSR count). The summed E-state index contributed by atoms with van der Waals surface area (Å²) >= 11 is 0. The van der Waals surface area contributed by atoms with E-state index in [-0.39, 0.29) is 0 Å². The summed E-state index contributed by atoms with van der Waals surface area (Å²) in [5.74, 6) is 1.65. The molecule has 1 N–H and O–H groups in total. The minimum absolute atomic E-state index is 0.333. The van der Waals surface area contributed by atoms with E-state index in [1.165, 1.54) is 22.0 Å². The second-order valence-corrected chi connectivity index (χ2v) is 9.50. The van der Waals surface area contributed by atoms with Gasteiger partial charge >= 0.3 is 0 Å². The molecule has 5 heteroatoms. The number of likely N-dealkylation sites (tertiary alicyclic amines) is 1. The van der Waals surface area contributed by atoms with E-state index in [9.17, 15) is 4.79 Å². The van der Waals surface area contributed by atoms with Gasteiger partial charge in [0.2, 0.25) is 0 Å². The van der Waals surface area contributed by atoms with Crippen molar-refractivity contribution in [1.29, 1.82) is 0 Å². The fourth-order valence-electron chi connectivity index (χ4n) is 4.57. The molecule has 2 aromatic carbocycles. The van der Waals surface area contributed by atoms with Crippen molar-refractivity contribution in [3.05, 3.63) is 66.5 Å². The van der Waals surface area contributed by atoms with Crippen molar-refractivity contribution in [1.82, 2.24) is 9.88 Å². The first-order chi connectivity index (χ1) is 16.1. The molecule has 0 amide bonds. The Labute approximate surface area is 197 Å². The van der Waals surface area contributed by atoms with Gasteiger partial charge in [0, 0.05) is 67.4 Å². The summed E-state index contributed by atoms with van der Waals surface area (Å²) in [6, 6.07) is 17.2. The van der Waals surface area contributed by atoms with Crippen LogP contribution in [0.2, 0.25) is 0 Å². The fourth-order valence-corrected chi connectivity index (χ4v) is 4.57. The number of hydrogen-bond acceptors (Lipinski definition) is 5. The molecule has 2 heterocycles. The molecule has 0 radical (unpaired) electrons. The van der Waals surface area contributed by atoms with Gasteiger partial charge in [0.25, 0.3) is 0 Å². The number of ketones is 1. The molecule has 0 unspecified atom stereocenters. The SMILES string of the molecule is CC(C)CC(=O)CCCOc1cccc(CN2CC[C@H](Nc3cccc4cnccc34)C2)c1. The average molecular weight is 446 g/mol. The van der Waals surface area contributed by atoms with Crippen LogP contribution in [0.5, 0.6) is 5.75 Å². The Morgan fingerprint density at radius 2 is 2.09 bits per heavy atom. The summed E-state index contributed by atoms with van der Waals surface area (Å²) in [5.41, 5.74) is 2.45. The molecule has 0 bridgehead atoms. The lowest BCUT2D eigenvalue weighted by Crippen LogP contribution is -2.26. The lowest BCUT2D eigenvalue weighted by Gasteiger charge is -2.19. The first-order valence-electron chi connectivity index (χ1n) is 12.1. The topological polar surface area (TPSA) is 54.5 Å². The second kappa shape index (κ2) is 11.3. The Hall–Kier alpha value is -2.92. The third kappa shape index (κ3) is 6.78. The fraction of sp³-hybridized carbons (Fsp3) is 0.429. The van der Waals surface area contributed by atoms with Crippen molar-refractivity contribution in [3.63, 3.8) is 0 Å². The standard InChI is InChI=1S/C28H35N3O2/c1-21(2)16-25(32)8-5-15-33-26-9-3-6-22(17-26)19-31-14-12-24(20-31)30-28-10-4-7-23-18-29-13-11-27(23)28/h3-4,6-7,9-11,13,17-18,21,24,30H,5,8,12,14-16,19-20H2,1-2H3/t24-/m0/s1. The smallest absolute Gasteiger partial charge is 0.133 e. The average Bonchev–Trinajstić information content (AvgIpc) is 3.23. The van der Waals surface area contributed by atoms with Crippen LogP contribution in [0.25, 0.3) is 10.8 Å². The van der Waals surface area contributed by atoms with Crippen LogP contribution in [-0.2, 0) is 11.3 Å². The molecule has 1 atom stereocenters.